The first-order valence-electron chi connectivity index (χ1n) is 19.9. The van der Waals surface area contributed by atoms with Crippen LogP contribution in [0.3, 0.4) is 0 Å². The van der Waals surface area contributed by atoms with E-state index >= 15 is 0 Å². The summed E-state index contributed by atoms with van der Waals surface area (Å²) in [6.45, 7) is 29.6. The first-order valence-corrected chi connectivity index (χ1v) is 33.4. The third-order valence-electron chi connectivity index (χ3n) is 11.8. The van der Waals surface area contributed by atoms with Gasteiger partial charge in [0.25, 0.3) is 0 Å². The molecule has 8 nitrogen and oxygen atoms in total. The molecule has 2 heterocycles. The minimum atomic E-state index is -2.97. The van der Waals surface area contributed by atoms with E-state index in [4.69, 9.17) is 18.3 Å². The quantitative estimate of drug-likeness (QED) is 0.131. The zero-order valence-electron chi connectivity index (χ0n) is 35.0. The Balaban J connectivity index is 2.27. The van der Waals surface area contributed by atoms with E-state index in [9.17, 15) is 9.59 Å². The Morgan fingerprint density at radius 3 is 1.81 bits per heavy atom. The molecular weight excluding hydrogens is 791 g/mol. The summed E-state index contributed by atoms with van der Waals surface area (Å²) in [5.74, 6) is 0.864. The summed E-state index contributed by atoms with van der Waals surface area (Å²) in [5, 5.41) is -0.141. The van der Waals surface area contributed by atoms with E-state index in [-0.39, 0.29) is 23.4 Å². The summed E-state index contributed by atoms with van der Waals surface area (Å²) in [5.41, 5.74) is 0.0885. The summed E-state index contributed by atoms with van der Waals surface area (Å²) < 4.78 is 37.1. The number of rotatable bonds is 19. The van der Waals surface area contributed by atoms with Crippen molar-refractivity contribution in [2.45, 2.75) is 182 Å². The van der Waals surface area contributed by atoms with Gasteiger partial charge in [0.1, 0.15) is 0 Å². The summed E-state index contributed by atoms with van der Waals surface area (Å²) in [7, 11) is -4.79. The molecule has 0 radical (unpaired) electrons. The Bertz CT molecular complexity index is 1540. The van der Waals surface area contributed by atoms with Crippen LogP contribution in [0.15, 0.2) is 62.0 Å². The van der Waals surface area contributed by atoms with Crippen LogP contribution in [0.25, 0.3) is 0 Å². The first kappa shape index (κ1) is 44.9. The first-order chi connectivity index (χ1) is 24.2. The van der Waals surface area contributed by atoms with Gasteiger partial charge in [-0.2, -0.15) is 0 Å². The molecule has 52 heavy (non-hydrogen) atoms. The van der Waals surface area contributed by atoms with Gasteiger partial charge >= 0.3 is 305 Å². The number of hydrogen-bond acceptors (Lipinski definition) is 6. The van der Waals surface area contributed by atoms with Gasteiger partial charge in [-0.1, -0.05) is 18.2 Å². The summed E-state index contributed by atoms with van der Waals surface area (Å²) >= 11 is -2.97. The molecule has 0 saturated carbocycles. The molecule has 1 saturated heterocycles. The molecule has 1 aliphatic rings. The van der Waals surface area contributed by atoms with Crippen molar-refractivity contribution in [1.82, 2.24) is 9.13 Å². The average Bonchev–Trinajstić information content (AvgIpc) is 3.36. The van der Waals surface area contributed by atoms with Gasteiger partial charge in [-0.15, -0.1) is 0 Å². The van der Waals surface area contributed by atoms with Crippen molar-refractivity contribution in [3.05, 3.63) is 78.8 Å². The van der Waals surface area contributed by atoms with Crippen molar-refractivity contribution in [3.63, 3.8) is 0 Å². The van der Waals surface area contributed by atoms with Crippen LogP contribution in [0, 0.1) is 0 Å². The van der Waals surface area contributed by atoms with Gasteiger partial charge in [-0.05, 0) is 0 Å². The number of benzene rings is 1. The topological polar surface area (TPSA) is 80.9 Å². The SMILES string of the molecule is CCC[CH2][Sn](/[CH]=C1\O[C@@H](n2ccc(=O)n(COCc3ccccc3)c2=O)[C@H](O[Si](C)(C)C(C)(C)C)[C@@H]1O[Si](C)(C)C(C)(C)C)([CH2]CCC)[CH2]CCC. The van der Waals surface area contributed by atoms with Gasteiger partial charge < -0.3 is 0 Å². The van der Waals surface area contributed by atoms with Gasteiger partial charge in [0.2, 0.25) is 0 Å². The van der Waals surface area contributed by atoms with Gasteiger partial charge in [-0.3, -0.25) is 0 Å². The molecule has 1 aromatic heterocycles. The zero-order valence-corrected chi connectivity index (χ0v) is 39.8. The molecular formula is C41H72N2O6Si2Sn. The van der Waals surface area contributed by atoms with Crippen molar-refractivity contribution in [1.29, 1.82) is 0 Å². The van der Waals surface area contributed by atoms with Crippen molar-refractivity contribution in [2.75, 3.05) is 0 Å². The normalized spacial score (nSPS) is 19.7. The van der Waals surface area contributed by atoms with Gasteiger partial charge in [0, 0.05) is 0 Å². The van der Waals surface area contributed by atoms with Crippen molar-refractivity contribution >= 4 is 35.0 Å². The van der Waals surface area contributed by atoms with Crippen LogP contribution < -0.4 is 11.2 Å². The van der Waals surface area contributed by atoms with Gasteiger partial charge in [0.05, 0.1) is 0 Å². The monoisotopic (exact) mass is 864 g/mol. The average molecular weight is 864 g/mol. The summed E-state index contributed by atoms with van der Waals surface area (Å²) in [4.78, 5) is 27.6. The van der Waals surface area contributed by atoms with Crippen molar-refractivity contribution < 1.29 is 18.3 Å². The van der Waals surface area contributed by atoms with E-state index in [2.05, 4.69) is 92.6 Å². The number of unbranched alkanes of at least 4 members (excludes halogenated alkanes) is 3. The maximum absolute atomic E-state index is 14.4. The zero-order chi connectivity index (χ0) is 39.0. The fraction of sp³-hybridized carbons (Fsp3) is 0.707. The minimum absolute atomic E-state index is 0.0507. The predicted molar refractivity (Wildman–Crippen MR) is 223 cm³/mol. The fourth-order valence-electron chi connectivity index (χ4n) is 6.33. The van der Waals surface area contributed by atoms with Crippen LogP contribution in [-0.2, 0) is 31.7 Å². The van der Waals surface area contributed by atoms with Crippen LogP contribution >= 0.6 is 0 Å². The molecule has 0 aliphatic carbocycles. The van der Waals surface area contributed by atoms with Crippen molar-refractivity contribution in [3.8, 4) is 0 Å². The van der Waals surface area contributed by atoms with E-state index in [0.29, 0.717) is 0 Å². The number of aromatic nitrogens is 2. The maximum atomic E-state index is 14.4. The van der Waals surface area contributed by atoms with Crippen LogP contribution in [0.1, 0.15) is 113 Å². The molecule has 0 N–H and O–H groups in total. The van der Waals surface area contributed by atoms with Crippen LogP contribution in [0.4, 0.5) is 0 Å². The van der Waals surface area contributed by atoms with Gasteiger partial charge in [-0.25, -0.2) is 0 Å². The Morgan fingerprint density at radius 2 is 1.31 bits per heavy atom. The Morgan fingerprint density at radius 1 is 0.788 bits per heavy atom. The van der Waals surface area contributed by atoms with Crippen LogP contribution in [0.2, 0.25) is 49.6 Å². The van der Waals surface area contributed by atoms with Crippen molar-refractivity contribution in [2.24, 2.45) is 0 Å². The molecule has 294 valence electrons. The summed E-state index contributed by atoms with van der Waals surface area (Å²) in [6.07, 6.45) is 6.96. The van der Waals surface area contributed by atoms with Gasteiger partial charge in [0.15, 0.2) is 0 Å². The van der Waals surface area contributed by atoms with E-state index in [0.717, 1.165) is 15.9 Å². The number of nitrogens with zero attached hydrogens (tertiary/aromatic N) is 2. The standard InChI is InChI=1S/C29H45N2O6Si2.3C4H9.Sn/c1-21-24(36-38(8,9)28(2,3)4)25(37-39(10,11)29(5,6)7)26(35-21)30-18-17-23(32)31(27(30)33)20-34-19-22-15-13-12-14-16-22;3*1-3-4-2;/h1,12-18,24-26H,19-20H2,2-11H3;3*1,3-4H2,2H3;/t24-,25-,26-;;;;/m1..../s1. The third-order valence-corrected chi connectivity index (χ3v) is 34.9. The van der Waals surface area contributed by atoms with Crippen LogP contribution in [-0.4, -0.2) is 56.4 Å². The molecule has 3 atom stereocenters. The fourth-order valence-corrected chi connectivity index (χ4v) is 23.7. The molecule has 1 fully saturated rings. The second kappa shape index (κ2) is 18.9. The molecule has 0 spiro atoms. The number of ether oxygens (including phenoxy) is 2. The Kier molecular flexibility index (Phi) is 16.4. The van der Waals surface area contributed by atoms with Crippen LogP contribution in [0.5, 0.6) is 0 Å². The summed E-state index contributed by atoms with van der Waals surface area (Å²) in [6, 6.07) is 11.2. The molecule has 2 aromatic rings. The Hall–Kier alpha value is -1.45. The Labute approximate surface area is 321 Å². The molecule has 0 unspecified atom stereocenters. The van der Waals surface area contributed by atoms with E-state index in [1.165, 1.54) is 57.9 Å². The third kappa shape index (κ3) is 11.5. The van der Waals surface area contributed by atoms with E-state index < -0.39 is 64.7 Å². The number of hydrogen-bond donors (Lipinski definition) is 0. The second-order valence-corrected chi connectivity index (χ2v) is 40.5. The van der Waals surface area contributed by atoms with E-state index in [1.54, 1.807) is 10.8 Å². The molecule has 11 heteroatoms. The molecule has 1 aliphatic heterocycles. The second-order valence-electron chi connectivity index (χ2n) is 18.1. The molecule has 1 aromatic carbocycles. The molecule has 3 rings (SSSR count). The van der Waals surface area contributed by atoms with E-state index in [1.807, 2.05) is 30.3 Å². The molecule has 0 amide bonds. The molecule has 0 bridgehead atoms. The predicted octanol–water partition coefficient (Wildman–Crippen LogP) is 10.8.